The highest BCUT2D eigenvalue weighted by atomic mass is 16.5. The molecule has 4 rings (SSSR count). The molecule has 8 heteroatoms. The lowest BCUT2D eigenvalue weighted by molar-refractivity contribution is -0.134. The first kappa shape index (κ1) is 18.8. The van der Waals surface area contributed by atoms with Crippen LogP contribution in [0, 0.1) is 0 Å². The van der Waals surface area contributed by atoms with Gasteiger partial charge >= 0.3 is 6.03 Å². The molecule has 1 unspecified atom stereocenters. The first-order valence-electron chi connectivity index (χ1n) is 9.23. The molecule has 4 amide bonds. The fourth-order valence-electron chi connectivity index (χ4n) is 3.98. The van der Waals surface area contributed by atoms with Crippen molar-refractivity contribution in [3.05, 3.63) is 53.6 Å². The minimum atomic E-state index is -1.08. The number of methoxy groups -OCH3 is 2. The minimum Gasteiger partial charge on any atom is -0.497 e. The molecule has 0 bridgehead atoms. The van der Waals surface area contributed by atoms with Crippen molar-refractivity contribution >= 4 is 23.5 Å². The number of carbonyl (C=O) groups is 3. The van der Waals surface area contributed by atoms with Gasteiger partial charge in [0.2, 0.25) is 5.91 Å². The van der Waals surface area contributed by atoms with E-state index in [1.54, 1.807) is 18.2 Å². The van der Waals surface area contributed by atoms with Gasteiger partial charge in [0, 0.05) is 6.07 Å². The number of nitrogens with one attached hydrogen (secondary N) is 2. The number of hydrogen-bond donors (Lipinski definition) is 2. The third kappa shape index (κ3) is 3.06. The molecule has 2 aromatic rings. The largest absolute Gasteiger partial charge is 0.497 e. The van der Waals surface area contributed by atoms with Gasteiger partial charge in [-0.2, -0.15) is 0 Å². The SMILES string of the molecule is COc1ccc(OC)c(NC(=O)CN2C(=O)NC3(CCc4ccccc43)C2=O)c1. The van der Waals surface area contributed by atoms with Crippen LogP contribution in [0.15, 0.2) is 42.5 Å². The van der Waals surface area contributed by atoms with Gasteiger partial charge in [-0.3, -0.25) is 14.5 Å². The summed E-state index contributed by atoms with van der Waals surface area (Å²) >= 11 is 0. The van der Waals surface area contributed by atoms with Crippen LogP contribution in [0.25, 0.3) is 0 Å². The summed E-state index contributed by atoms with van der Waals surface area (Å²) in [6.45, 7) is -0.394. The number of urea groups is 1. The van der Waals surface area contributed by atoms with Crippen LogP contribution in [-0.2, 0) is 21.5 Å². The molecule has 150 valence electrons. The van der Waals surface area contributed by atoms with E-state index in [1.807, 2.05) is 24.3 Å². The Morgan fingerprint density at radius 1 is 1.17 bits per heavy atom. The maximum atomic E-state index is 13.1. The van der Waals surface area contributed by atoms with Crippen molar-refractivity contribution in [2.24, 2.45) is 0 Å². The predicted molar refractivity (Wildman–Crippen MR) is 105 cm³/mol. The number of amides is 4. The summed E-state index contributed by atoms with van der Waals surface area (Å²) in [5, 5.41) is 5.49. The van der Waals surface area contributed by atoms with Crippen LogP contribution >= 0.6 is 0 Å². The molecule has 0 radical (unpaired) electrons. The Kier molecular flexibility index (Phi) is 4.62. The molecular weight excluding hydrogens is 374 g/mol. The zero-order valence-corrected chi connectivity index (χ0v) is 16.2. The number of carbonyl (C=O) groups excluding carboxylic acids is 3. The second-order valence-corrected chi connectivity index (χ2v) is 7.00. The van der Waals surface area contributed by atoms with Crippen LogP contribution in [0.1, 0.15) is 17.5 Å². The predicted octanol–water partition coefficient (Wildman–Crippen LogP) is 2.04. The van der Waals surface area contributed by atoms with Crippen LogP contribution in [0.2, 0.25) is 0 Å². The third-order valence-corrected chi connectivity index (χ3v) is 5.40. The van der Waals surface area contributed by atoms with E-state index in [4.69, 9.17) is 9.47 Å². The van der Waals surface area contributed by atoms with Gasteiger partial charge in [0.25, 0.3) is 5.91 Å². The Labute approximate surface area is 167 Å². The highest BCUT2D eigenvalue weighted by molar-refractivity contribution is 6.11. The lowest BCUT2D eigenvalue weighted by atomic mass is 9.92. The van der Waals surface area contributed by atoms with E-state index in [0.29, 0.717) is 30.0 Å². The Hall–Kier alpha value is -3.55. The Balaban J connectivity index is 1.53. The number of hydrogen-bond acceptors (Lipinski definition) is 5. The molecule has 2 aromatic carbocycles. The average molecular weight is 395 g/mol. The zero-order valence-electron chi connectivity index (χ0n) is 16.2. The molecule has 1 atom stereocenters. The maximum Gasteiger partial charge on any atom is 0.325 e. The summed E-state index contributed by atoms with van der Waals surface area (Å²) in [6.07, 6.45) is 1.18. The lowest BCUT2D eigenvalue weighted by Crippen LogP contribution is -2.43. The van der Waals surface area contributed by atoms with Crippen molar-refractivity contribution < 1.29 is 23.9 Å². The smallest absolute Gasteiger partial charge is 0.325 e. The van der Waals surface area contributed by atoms with Gasteiger partial charge in [0.1, 0.15) is 23.6 Å². The van der Waals surface area contributed by atoms with Crippen molar-refractivity contribution in [3.8, 4) is 11.5 Å². The fourth-order valence-corrected chi connectivity index (χ4v) is 3.98. The molecule has 1 fully saturated rings. The second-order valence-electron chi connectivity index (χ2n) is 7.00. The van der Waals surface area contributed by atoms with Crippen molar-refractivity contribution in [2.45, 2.75) is 18.4 Å². The van der Waals surface area contributed by atoms with Gasteiger partial charge in [-0.1, -0.05) is 24.3 Å². The Morgan fingerprint density at radius 3 is 2.72 bits per heavy atom. The summed E-state index contributed by atoms with van der Waals surface area (Å²) in [5.41, 5.74) is 1.15. The van der Waals surface area contributed by atoms with E-state index in [1.165, 1.54) is 14.2 Å². The molecule has 1 saturated heterocycles. The average Bonchev–Trinajstić information content (AvgIpc) is 3.21. The third-order valence-electron chi connectivity index (χ3n) is 5.40. The van der Waals surface area contributed by atoms with Crippen LogP contribution in [0.3, 0.4) is 0 Å². The van der Waals surface area contributed by atoms with Crippen molar-refractivity contribution in [3.63, 3.8) is 0 Å². The van der Waals surface area contributed by atoms with Gasteiger partial charge in [-0.05, 0) is 36.1 Å². The molecule has 8 nitrogen and oxygen atoms in total. The van der Waals surface area contributed by atoms with Gasteiger partial charge in [-0.25, -0.2) is 4.79 Å². The molecule has 1 aliphatic carbocycles. The number of fused-ring (bicyclic) bond motifs is 2. The van der Waals surface area contributed by atoms with Gasteiger partial charge in [-0.15, -0.1) is 0 Å². The number of imide groups is 1. The van der Waals surface area contributed by atoms with Gasteiger partial charge < -0.3 is 20.1 Å². The summed E-state index contributed by atoms with van der Waals surface area (Å²) in [6, 6.07) is 12.0. The molecule has 2 N–H and O–H groups in total. The molecule has 1 heterocycles. The van der Waals surface area contributed by atoms with E-state index in [-0.39, 0.29) is 0 Å². The van der Waals surface area contributed by atoms with Crippen LogP contribution in [0.4, 0.5) is 10.5 Å². The summed E-state index contributed by atoms with van der Waals surface area (Å²) < 4.78 is 10.4. The molecule has 29 heavy (non-hydrogen) atoms. The number of nitrogens with zero attached hydrogens (tertiary/aromatic N) is 1. The molecule has 0 aromatic heterocycles. The zero-order chi connectivity index (χ0) is 20.6. The molecule has 0 saturated carbocycles. The Morgan fingerprint density at radius 2 is 1.97 bits per heavy atom. The van der Waals surface area contributed by atoms with Crippen molar-refractivity contribution in [1.82, 2.24) is 10.2 Å². The monoisotopic (exact) mass is 395 g/mol. The second kappa shape index (κ2) is 7.12. The normalized spacial score (nSPS) is 19.9. The van der Waals surface area contributed by atoms with Crippen LogP contribution in [0.5, 0.6) is 11.5 Å². The van der Waals surface area contributed by atoms with Crippen LogP contribution in [-0.4, -0.2) is 43.5 Å². The number of anilines is 1. The van der Waals surface area contributed by atoms with Crippen LogP contribution < -0.4 is 20.1 Å². The number of rotatable bonds is 5. The Bertz CT molecular complexity index is 1010. The number of ether oxygens (including phenoxy) is 2. The van der Waals surface area contributed by atoms with Gasteiger partial charge in [0.05, 0.1) is 19.9 Å². The summed E-state index contributed by atoms with van der Waals surface area (Å²) in [7, 11) is 3.00. The van der Waals surface area contributed by atoms with E-state index < -0.39 is 29.9 Å². The standard InChI is InChI=1S/C21H21N3O5/c1-28-14-7-8-17(29-2)16(11-14)22-18(25)12-24-19(26)21(23-20(24)27)10-9-13-5-3-4-6-15(13)21/h3-8,11H,9-10,12H2,1-2H3,(H,22,25)(H,23,27). The maximum absolute atomic E-state index is 13.1. The first-order chi connectivity index (χ1) is 14.0. The van der Waals surface area contributed by atoms with E-state index in [0.717, 1.165) is 16.0 Å². The van der Waals surface area contributed by atoms with Gasteiger partial charge in [0.15, 0.2) is 0 Å². The van der Waals surface area contributed by atoms with E-state index in [2.05, 4.69) is 10.6 Å². The number of aryl methyl sites for hydroxylation is 1. The fraction of sp³-hybridized carbons (Fsp3) is 0.286. The molecule has 2 aliphatic rings. The quantitative estimate of drug-likeness (QED) is 0.755. The van der Waals surface area contributed by atoms with E-state index >= 15 is 0 Å². The van der Waals surface area contributed by atoms with Crippen molar-refractivity contribution in [1.29, 1.82) is 0 Å². The lowest BCUT2D eigenvalue weighted by Gasteiger charge is -2.22. The summed E-state index contributed by atoms with van der Waals surface area (Å²) in [5.74, 6) is 0.0683. The molecule has 1 aliphatic heterocycles. The molecular formula is C21H21N3O5. The highest BCUT2D eigenvalue weighted by Gasteiger charge is 2.55. The first-order valence-corrected chi connectivity index (χ1v) is 9.23. The molecule has 1 spiro atoms. The minimum absolute atomic E-state index is 0.393. The number of benzene rings is 2. The highest BCUT2D eigenvalue weighted by Crippen LogP contribution is 2.41. The van der Waals surface area contributed by atoms with E-state index in [9.17, 15) is 14.4 Å². The summed E-state index contributed by atoms with van der Waals surface area (Å²) in [4.78, 5) is 39.2. The van der Waals surface area contributed by atoms with Crippen molar-refractivity contribution in [2.75, 3.05) is 26.1 Å². The topological polar surface area (TPSA) is 97.0 Å².